The zero-order valence-electron chi connectivity index (χ0n) is 11.6. The van der Waals surface area contributed by atoms with Crippen molar-refractivity contribution in [2.45, 2.75) is 58.2 Å². The molecule has 0 saturated carbocycles. The third kappa shape index (κ3) is 3.96. The van der Waals surface area contributed by atoms with Gasteiger partial charge in [-0.15, -0.1) is 0 Å². The molecule has 0 aromatic rings. The minimum absolute atomic E-state index is 0.146. The molecule has 2 N–H and O–H groups in total. The van der Waals surface area contributed by atoms with Gasteiger partial charge in [-0.1, -0.05) is 6.42 Å². The topological polar surface area (TPSA) is 49.6 Å². The number of rotatable bonds is 4. The van der Waals surface area contributed by atoms with E-state index in [2.05, 4.69) is 4.90 Å². The summed E-state index contributed by atoms with van der Waals surface area (Å²) < 4.78 is 0. The van der Waals surface area contributed by atoms with Crippen LogP contribution < -0.4 is 5.73 Å². The van der Waals surface area contributed by atoms with E-state index in [0.717, 1.165) is 13.0 Å². The zero-order valence-corrected chi connectivity index (χ0v) is 11.6. The summed E-state index contributed by atoms with van der Waals surface area (Å²) in [5.74, 6) is 0.201. The molecule has 0 aromatic carbocycles. The number of nitrogens with zero attached hydrogens (tertiary/aromatic N) is 2. The van der Waals surface area contributed by atoms with Crippen LogP contribution in [0.1, 0.15) is 40.0 Å². The maximum absolute atomic E-state index is 12.1. The lowest BCUT2D eigenvalue weighted by atomic mass is 9.97. The number of nitrogens with two attached hydrogens (primary N) is 1. The Morgan fingerprint density at radius 3 is 2.59 bits per heavy atom. The second-order valence-corrected chi connectivity index (χ2v) is 5.49. The van der Waals surface area contributed by atoms with Crippen molar-refractivity contribution in [2.24, 2.45) is 5.73 Å². The highest BCUT2D eigenvalue weighted by Gasteiger charge is 2.27. The number of carbonyl (C=O) groups is 1. The minimum atomic E-state index is 0.146. The quantitative estimate of drug-likeness (QED) is 0.800. The average Bonchev–Trinajstić information content (AvgIpc) is 2.28. The van der Waals surface area contributed by atoms with E-state index in [1.807, 2.05) is 32.7 Å². The van der Waals surface area contributed by atoms with Crippen molar-refractivity contribution in [3.8, 4) is 0 Å². The smallest absolute Gasteiger partial charge is 0.236 e. The fraction of sp³-hybridized carbons (Fsp3) is 0.923. The number of carbonyl (C=O) groups excluding carboxylic acids is 1. The van der Waals surface area contributed by atoms with Gasteiger partial charge in [-0.05, 0) is 40.2 Å². The van der Waals surface area contributed by atoms with Gasteiger partial charge < -0.3 is 10.6 Å². The molecule has 1 fully saturated rings. The molecule has 4 heteroatoms. The van der Waals surface area contributed by atoms with Gasteiger partial charge in [0.25, 0.3) is 0 Å². The molecule has 1 aliphatic rings. The molecule has 1 amide bonds. The average molecular weight is 241 g/mol. The van der Waals surface area contributed by atoms with Crippen LogP contribution in [0.3, 0.4) is 0 Å². The van der Waals surface area contributed by atoms with Crippen LogP contribution in [0.2, 0.25) is 0 Å². The maximum atomic E-state index is 12.1. The monoisotopic (exact) mass is 241 g/mol. The maximum Gasteiger partial charge on any atom is 0.236 e. The number of hydrogen-bond donors (Lipinski definition) is 1. The standard InChI is InChI=1S/C13H27N3O/c1-10(2)15(4)13(17)9-16-8-6-5-7-12(16)11(3)14/h10-12H,5-9,14H2,1-4H3. The van der Waals surface area contributed by atoms with Crippen molar-refractivity contribution in [1.29, 1.82) is 0 Å². The summed E-state index contributed by atoms with van der Waals surface area (Å²) in [5.41, 5.74) is 6.00. The van der Waals surface area contributed by atoms with E-state index in [1.54, 1.807) is 0 Å². The summed E-state index contributed by atoms with van der Waals surface area (Å²) in [4.78, 5) is 16.1. The predicted molar refractivity (Wildman–Crippen MR) is 70.8 cm³/mol. The Morgan fingerprint density at radius 1 is 1.41 bits per heavy atom. The number of amides is 1. The van der Waals surface area contributed by atoms with Crippen LogP contribution in [0.15, 0.2) is 0 Å². The molecule has 1 heterocycles. The summed E-state index contributed by atoms with van der Waals surface area (Å²) in [7, 11) is 1.87. The lowest BCUT2D eigenvalue weighted by Gasteiger charge is -2.38. The lowest BCUT2D eigenvalue weighted by Crippen LogP contribution is -2.52. The fourth-order valence-electron chi connectivity index (χ4n) is 2.38. The molecule has 0 aromatic heterocycles. The highest BCUT2D eigenvalue weighted by atomic mass is 16.2. The van der Waals surface area contributed by atoms with Crippen molar-refractivity contribution in [2.75, 3.05) is 20.1 Å². The zero-order chi connectivity index (χ0) is 13.0. The van der Waals surface area contributed by atoms with Crippen molar-refractivity contribution >= 4 is 5.91 Å². The van der Waals surface area contributed by atoms with E-state index in [1.165, 1.54) is 12.8 Å². The van der Waals surface area contributed by atoms with Gasteiger partial charge in [0.1, 0.15) is 0 Å². The molecule has 0 bridgehead atoms. The van der Waals surface area contributed by atoms with Gasteiger partial charge >= 0.3 is 0 Å². The Bertz CT molecular complexity index is 253. The van der Waals surface area contributed by atoms with Gasteiger partial charge in [-0.3, -0.25) is 9.69 Å². The molecule has 1 saturated heterocycles. The minimum Gasteiger partial charge on any atom is -0.342 e. The van der Waals surface area contributed by atoms with E-state index >= 15 is 0 Å². The molecule has 0 spiro atoms. The highest BCUT2D eigenvalue weighted by molar-refractivity contribution is 5.78. The van der Waals surface area contributed by atoms with Crippen LogP contribution in [0.25, 0.3) is 0 Å². The van der Waals surface area contributed by atoms with Crippen LogP contribution in [0.4, 0.5) is 0 Å². The number of hydrogen-bond acceptors (Lipinski definition) is 3. The third-order valence-corrected chi connectivity index (χ3v) is 3.78. The van der Waals surface area contributed by atoms with Gasteiger partial charge in [0, 0.05) is 25.2 Å². The molecule has 0 radical (unpaired) electrons. The van der Waals surface area contributed by atoms with Crippen LogP contribution in [0, 0.1) is 0 Å². The Balaban J connectivity index is 2.56. The second-order valence-electron chi connectivity index (χ2n) is 5.49. The highest BCUT2D eigenvalue weighted by Crippen LogP contribution is 2.18. The lowest BCUT2D eigenvalue weighted by molar-refractivity contribution is -0.133. The van der Waals surface area contributed by atoms with Gasteiger partial charge in [0.05, 0.1) is 6.54 Å². The van der Waals surface area contributed by atoms with Crippen LogP contribution in [0.5, 0.6) is 0 Å². The normalized spacial score (nSPS) is 23.8. The summed E-state index contributed by atoms with van der Waals surface area (Å²) in [5, 5.41) is 0. The van der Waals surface area contributed by atoms with E-state index in [4.69, 9.17) is 5.73 Å². The molecule has 2 atom stereocenters. The molecule has 100 valence electrons. The first-order valence-electron chi connectivity index (χ1n) is 6.68. The van der Waals surface area contributed by atoms with Crippen LogP contribution >= 0.6 is 0 Å². The predicted octanol–water partition coefficient (Wildman–Crippen LogP) is 1.05. The summed E-state index contributed by atoms with van der Waals surface area (Å²) >= 11 is 0. The van der Waals surface area contributed by atoms with E-state index < -0.39 is 0 Å². The first-order valence-corrected chi connectivity index (χ1v) is 6.68. The van der Waals surface area contributed by atoms with Crippen molar-refractivity contribution in [3.63, 3.8) is 0 Å². The number of likely N-dealkylation sites (N-methyl/N-ethyl adjacent to an activating group) is 1. The number of likely N-dealkylation sites (tertiary alicyclic amines) is 1. The first-order chi connectivity index (χ1) is 7.93. The Morgan fingerprint density at radius 2 is 2.06 bits per heavy atom. The molecular weight excluding hydrogens is 214 g/mol. The van der Waals surface area contributed by atoms with Crippen molar-refractivity contribution in [3.05, 3.63) is 0 Å². The molecule has 1 aliphatic heterocycles. The summed E-state index contributed by atoms with van der Waals surface area (Å²) in [6, 6.07) is 0.779. The van der Waals surface area contributed by atoms with E-state index in [0.29, 0.717) is 12.6 Å². The summed E-state index contributed by atoms with van der Waals surface area (Å²) in [6.07, 6.45) is 3.54. The van der Waals surface area contributed by atoms with Gasteiger partial charge in [0.15, 0.2) is 0 Å². The van der Waals surface area contributed by atoms with Gasteiger partial charge in [-0.2, -0.15) is 0 Å². The van der Waals surface area contributed by atoms with Crippen molar-refractivity contribution < 1.29 is 4.79 Å². The SMILES string of the molecule is CC(N)C1CCCCN1CC(=O)N(C)C(C)C. The molecule has 1 rings (SSSR count). The Kier molecular flexibility index (Phi) is 5.40. The van der Waals surface area contributed by atoms with Crippen molar-refractivity contribution in [1.82, 2.24) is 9.80 Å². The van der Waals surface area contributed by atoms with Gasteiger partial charge in [0.2, 0.25) is 5.91 Å². The summed E-state index contributed by atoms with van der Waals surface area (Å²) in [6.45, 7) is 7.64. The Hall–Kier alpha value is -0.610. The molecule has 17 heavy (non-hydrogen) atoms. The number of piperidine rings is 1. The molecular formula is C13H27N3O. The largest absolute Gasteiger partial charge is 0.342 e. The molecule has 2 unspecified atom stereocenters. The first kappa shape index (κ1) is 14.5. The van der Waals surface area contributed by atoms with E-state index in [9.17, 15) is 4.79 Å². The van der Waals surface area contributed by atoms with Crippen LogP contribution in [-0.4, -0.2) is 54.0 Å². The van der Waals surface area contributed by atoms with Crippen LogP contribution in [-0.2, 0) is 4.79 Å². The Labute approximate surface area is 105 Å². The molecule has 0 aliphatic carbocycles. The fourth-order valence-corrected chi connectivity index (χ4v) is 2.38. The third-order valence-electron chi connectivity index (χ3n) is 3.78. The van der Waals surface area contributed by atoms with E-state index in [-0.39, 0.29) is 18.0 Å². The molecule has 4 nitrogen and oxygen atoms in total. The van der Waals surface area contributed by atoms with Gasteiger partial charge in [-0.25, -0.2) is 0 Å². The second kappa shape index (κ2) is 6.36.